The summed E-state index contributed by atoms with van der Waals surface area (Å²) in [6.45, 7) is 0.0891. The Balaban J connectivity index is 1.46. The van der Waals surface area contributed by atoms with E-state index in [1.165, 1.54) is 4.80 Å². The number of hydrogen-bond donors (Lipinski definition) is 2. The summed E-state index contributed by atoms with van der Waals surface area (Å²) in [6.07, 6.45) is 1.21. The first-order valence-corrected chi connectivity index (χ1v) is 8.88. The zero-order chi connectivity index (χ0) is 16.5. The van der Waals surface area contributed by atoms with Crippen LogP contribution in [0.2, 0.25) is 0 Å². The third kappa shape index (κ3) is 3.05. The van der Waals surface area contributed by atoms with Crippen LogP contribution in [-0.2, 0) is 11.3 Å². The van der Waals surface area contributed by atoms with Gasteiger partial charge in [0.05, 0.1) is 12.1 Å². The molecule has 2 N–H and O–H groups in total. The molecule has 1 atom stereocenters. The number of aromatic nitrogens is 3. The summed E-state index contributed by atoms with van der Waals surface area (Å²) in [5.74, 6) is 0.169. The first-order chi connectivity index (χ1) is 11.7. The zero-order valence-electron chi connectivity index (χ0n) is 13.0. The molecule has 0 saturated heterocycles. The van der Waals surface area contributed by atoms with E-state index in [0.29, 0.717) is 0 Å². The quantitative estimate of drug-likeness (QED) is 0.744. The van der Waals surface area contributed by atoms with Crippen LogP contribution in [0.5, 0.6) is 0 Å². The molecule has 1 fully saturated rings. The molecule has 0 unspecified atom stereocenters. The van der Waals surface area contributed by atoms with Crippen LogP contribution in [0.3, 0.4) is 0 Å². The average molecular weight is 342 g/mol. The molecule has 0 aliphatic heterocycles. The van der Waals surface area contributed by atoms with E-state index in [2.05, 4.69) is 15.5 Å². The van der Waals surface area contributed by atoms with Crippen LogP contribution < -0.4 is 5.32 Å². The lowest BCUT2D eigenvalue weighted by atomic mass is 9.77. The lowest BCUT2D eigenvalue weighted by molar-refractivity contribution is -0.124. The Labute approximate surface area is 143 Å². The summed E-state index contributed by atoms with van der Waals surface area (Å²) in [5.41, 5.74) is 1.56. The second-order valence-corrected chi connectivity index (χ2v) is 7.14. The molecule has 3 aromatic rings. The molecule has 1 aliphatic rings. The Morgan fingerprint density at radius 1 is 1.25 bits per heavy atom. The van der Waals surface area contributed by atoms with Crippen LogP contribution in [0.4, 0.5) is 0 Å². The molecule has 4 rings (SSSR count). The minimum Gasteiger partial charge on any atom is -0.393 e. The predicted molar refractivity (Wildman–Crippen MR) is 91.5 cm³/mol. The van der Waals surface area contributed by atoms with Gasteiger partial charge in [-0.1, -0.05) is 18.2 Å². The number of aliphatic hydroxyl groups is 1. The maximum absolute atomic E-state index is 12.5. The molecule has 0 bridgehead atoms. The van der Waals surface area contributed by atoms with Crippen LogP contribution in [0.1, 0.15) is 23.8 Å². The highest BCUT2D eigenvalue weighted by atomic mass is 32.1. The molecule has 1 aromatic carbocycles. The summed E-state index contributed by atoms with van der Waals surface area (Å²) in [6, 6.07) is 11.5. The Hall–Kier alpha value is -2.25. The number of carbonyl (C=O) groups is 1. The van der Waals surface area contributed by atoms with Gasteiger partial charge >= 0.3 is 0 Å². The van der Waals surface area contributed by atoms with Crippen molar-refractivity contribution in [3.63, 3.8) is 0 Å². The molecule has 1 amide bonds. The molecule has 24 heavy (non-hydrogen) atoms. The molecular weight excluding hydrogens is 324 g/mol. The van der Waals surface area contributed by atoms with E-state index in [1.54, 1.807) is 11.3 Å². The lowest BCUT2D eigenvalue weighted by Crippen LogP contribution is -2.42. The summed E-state index contributed by atoms with van der Waals surface area (Å²) >= 11 is 1.63. The van der Waals surface area contributed by atoms with Crippen molar-refractivity contribution in [2.24, 2.45) is 5.92 Å². The third-order valence-electron chi connectivity index (χ3n) is 4.40. The van der Waals surface area contributed by atoms with Crippen molar-refractivity contribution < 1.29 is 9.90 Å². The first kappa shape index (κ1) is 15.3. The van der Waals surface area contributed by atoms with E-state index in [-0.39, 0.29) is 30.5 Å². The van der Waals surface area contributed by atoms with Crippen molar-refractivity contribution in [3.8, 4) is 0 Å². The molecule has 2 aromatic heterocycles. The van der Waals surface area contributed by atoms with E-state index < -0.39 is 0 Å². The van der Waals surface area contributed by atoms with E-state index in [0.717, 1.165) is 28.8 Å². The number of nitrogens with zero attached hydrogens (tertiary/aromatic N) is 3. The maximum Gasteiger partial charge on any atom is 0.244 e. The normalized spacial score (nSPS) is 21.4. The molecule has 7 heteroatoms. The number of aliphatic hydroxyl groups excluding tert-OH is 1. The minimum absolute atomic E-state index is 0.0501. The van der Waals surface area contributed by atoms with Gasteiger partial charge in [-0.15, -0.1) is 11.3 Å². The average Bonchev–Trinajstić information content (AvgIpc) is 3.18. The molecule has 1 aliphatic carbocycles. The van der Waals surface area contributed by atoms with Crippen molar-refractivity contribution in [3.05, 3.63) is 46.7 Å². The molecule has 2 heterocycles. The number of rotatable bonds is 5. The van der Waals surface area contributed by atoms with E-state index in [1.807, 2.05) is 41.8 Å². The van der Waals surface area contributed by atoms with Crippen molar-refractivity contribution in [1.82, 2.24) is 20.3 Å². The highest BCUT2D eigenvalue weighted by Gasteiger charge is 2.36. The fourth-order valence-electron chi connectivity index (χ4n) is 3.11. The summed E-state index contributed by atoms with van der Waals surface area (Å²) in [5, 5.41) is 23.3. The highest BCUT2D eigenvalue weighted by Crippen LogP contribution is 2.39. The number of benzene rings is 1. The van der Waals surface area contributed by atoms with Gasteiger partial charge in [0.15, 0.2) is 0 Å². The second-order valence-electron chi connectivity index (χ2n) is 6.17. The Kier molecular flexibility index (Phi) is 4.03. The molecule has 0 spiro atoms. The predicted octanol–water partition coefficient (Wildman–Crippen LogP) is 2.12. The SMILES string of the molecule is O=C(Cn1nc2ccccc2n1)N[C@H](c1cccs1)C1CC(O)C1. The van der Waals surface area contributed by atoms with Crippen molar-refractivity contribution in [2.75, 3.05) is 0 Å². The molecule has 124 valence electrons. The van der Waals surface area contributed by atoms with Gasteiger partial charge in [-0.25, -0.2) is 0 Å². The van der Waals surface area contributed by atoms with E-state index in [4.69, 9.17) is 0 Å². The van der Waals surface area contributed by atoms with Crippen LogP contribution in [-0.4, -0.2) is 32.1 Å². The summed E-state index contributed by atoms with van der Waals surface area (Å²) in [4.78, 5) is 15.0. The van der Waals surface area contributed by atoms with E-state index in [9.17, 15) is 9.90 Å². The van der Waals surface area contributed by atoms with E-state index >= 15 is 0 Å². The first-order valence-electron chi connectivity index (χ1n) is 8.00. The number of amides is 1. The molecular formula is C17H18N4O2S. The zero-order valence-corrected chi connectivity index (χ0v) is 13.8. The standard InChI is InChI=1S/C17H18N4O2S/c22-12-8-11(9-12)17(15-6-3-7-24-15)18-16(23)10-21-19-13-4-1-2-5-14(13)20-21/h1-7,11-12,17,22H,8-10H2,(H,18,23)/t11?,12?,17-/m0/s1. The van der Waals surface area contributed by atoms with Crippen LogP contribution in [0, 0.1) is 5.92 Å². The topological polar surface area (TPSA) is 80.0 Å². The largest absolute Gasteiger partial charge is 0.393 e. The van der Waals surface area contributed by atoms with Gasteiger partial charge in [-0.3, -0.25) is 4.79 Å². The lowest BCUT2D eigenvalue weighted by Gasteiger charge is -2.37. The summed E-state index contributed by atoms with van der Waals surface area (Å²) in [7, 11) is 0. The third-order valence-corrected chi connectivity index (χ3v) is 5.36. The highest BCUT2D eigenvalue weighted by molar-refractivity contribution is 7.10. The Morgan fingerprint density at radius 3 is 2.54 bits per heavy atom. The molecule has 6 nitrogen and oxygen atoms in total. The minimum atomic E-state index is -0.243. The Morgan fingerprint density at radius 2 is 1.96 bits per heavy atom. The fourth-order valence-corrected chi connectivity index (χ4v) is 3.98. The van der Waals surface area contributed by atoms with Gasteiger partial charge in [0, 0.05) is 4.88 Å². The number of thiophene rings is 1. The van der Waals surface area contributed by atoms with Gasteiger partial charge in [-0.2, -0.15) is 15.0 Å². The number of carbonyl (C=O) groups excluding carboxylic acids is 1. The van der Waals surface area contributed by atoms with Crippen molar-refractivity contribution >= 4 is 28.3 Å². The van der Waals surface area contributed by atoms with Crippen LogP contribution in [0.15, 0.2) is 41.8 Å². The smallest absolute Gasteiger partial charge is 0.244 e. The second kappa shape index (κ2) is 6.33. The van der Waals surface area contributed by atoms with Gasteiger partial charge in [0.2, 0.25) is 5.91 Å². The molecule has 0 radical (unpaired) electrons. The number of hydrogen-bond acceptors (Lipinski definition) is 5. The fraction of sp³-hybridized carbons (Fsp3) is 0.353. The Bertz CT molecular complexity index is 806. The number of fused-ring (bicyclic) bond motifs is 1. The van der Waals surface area contributed by atoms with Gasteiger partial charge in [0.25, 0.3) is 0 Å². The monoisotopic (exact) mass is 342 g/mol. The van der Waals surface area contributed by atoms with Crippen LogP contribution in [0.25, 0.3) is 11.0 Å². The van der Waals surface area contributed by atoms with Crippen molar-refractivity contribution in [2.45, 2.75) is 31.5 Å². The van der Waals surface area contributed by atoms with Gasteiger partial charge in [0.1, 0.15) is 17.6 Å². The van der Waals surface area contributed by atoms with Crippen LogP contribution >= 0.6 is 11.3 Å². The molecule has 1 saturated carbocycles. The summed E-state index contributed by atoms with van der Waals surface area (Å²) < 4.78 is 0. The van der Waals surface area contributed by atoms with Gasteiger partial charge < -0.3 is 10.4 Å². The van der Waals surface area contributed by atoms with Gasteiger partial charge in [-0.05, 0) is 42.3 Å². The maximum atomic E-state index is 12.5. The van der Waals surface area contributed by atoms with Crippen molar-refractivity contribution in [1.29, 1.82) is 0 Å². The number of nitrogens with one attached hydrogen (secondary N) is 1.